The Bertz CT molecular complexity index is 401. The summed E-state index contributed by atoms with van der Waals surface area (Å²) in [6, 6.07) is 6.42. The molecule has 1 amide bonds. The highest BCUT2D eigenvalue weighted by atomic mass is 16.3. The first-order valence-electron chi connectivity index (χ1n) is 5.13. The lowest BCUT2D eigenvalue weighted by Crippen LogP contribution is -2.31. The molecule has 0 atom stereocenters. The van der Waals surface area contributed by atoms with Crippen LogP contribution in [-0.4, -0.2) is 23.3 Å². The number of nitrogens with zero attached hydrogens (tertiary/aromatic N) is 1. The smallest absolute Gasteiger partial charge is 0.234 e. The first kappa shape index (κ1) is 12.2. The van der Waals surface area contributed by atoms with Gasteiger partial charge in [0.1, 0.15) is 11.5 Å². The number of phenols is 1. The monoisotopic (exact) mass is 221 g/mol. The van der Waals surface area contributed by atoms with Gasteiger partial charge in [0, 0.05) is 18.3 Å². The molecule has 0 aliphatic rings. The summed E-state index contributed by atoms with van der Waals surface area (Å²) in [5.41, 5.74) is 0.605. The van der Waals surface area contributed by atoms with Crippen molar-refractivity contribution in [2.45, 2.75) is 20.3 Å². The van der Waals surface area contributed by atoms with Crippen molar-refractivity contribution in [1.29, 1.82) is 0 Å². The van der Waals surface area contributed by atoms with E-state index in [0.717, 1.165) is 0 Å². The van der Waals surface area contributed by atoms with Gasteiger partial charge in [-0.2, -0.15) is 0 Å². The number of amides is 1. The standard InChI is InChI=1S/C12H15NO3/c1-3-13(12(16)7-9(2)14)10-5-4-6-11(15)8-10/h4-6,8,15H,3,7H2,1-2H3. The van der Waals surface area contributed by atoms with Crippen LogP contribution >= 0.6 is 0 Å². The van der Waals surface area contributed by atoms with Crippen molar-refractivity contribution in [2.75, 3.05) is 11.4 Å². The second-order valence-corrected chi connectivity index (χ2v) is 3.54. The van der Waals surface area contributed by atoms with Crippen LogP contribution in [0.2, 0.25) is 0 Å². The number of anilines is 1. The molecule has 0 saturated carbocycles. The molecule has 0 saturated heterocycles. The molecule has 0 aliphatic heterocycles. The molecule has 1 aromatic rings. The minimum Gasteiger partial charge on any atom is -0.508 e. The number of carbonyl (C=O) groups is 2. The Morgan fingerprint density at radius 2 is 2.06 bits per heavy atom. The Labute approximate surface area is 94.5 Å². The molecule has 1 rings (SSSR count). The summed E-state index contributed by atoms with van der Waals surface area (Å²) in [7, 11) is 0. The molecule has 4 nitrogen and oxygen atoms in total. The summed E-state index contributed by atoms with van der Waals surface area (Å²) in [5.74, 6) is -0.309. The Hall–Kier alpha value is -1.84. The number of hydrogen-bond acceptors (Lipinski definition) is 3. The van der Waals surface area contributed by atoms with Crippen LogP contribution in [0, 0.1) is 0 Å². The summed E-state index contributed by atoms with van der Waals surface area (Å²) < 4.78 is 0. The van der Waals surface area contributed by atoms with Crippen molar-refractivity contribution >= 4 is 17.4 Å². The lowest BCUT2D eigenvalue weighted by Gasteiger charge is -2.20. The summed E-state index contributed by atoms with van der Waals surface area (Å²) in [4.78, 5) is 24.1. The van der Waals surface area contributed by atoms with E-state index < -0.39 is 0 Å². The van der Waals surface area contributed by atoms with Crippen LogP contribution in [0.15, 0.2) is 24.3 Å². The molecule has 4 heteroatoms. The first-order chi connectivity index (χ1) is 7.54. The van der Waals surface area contributed by atoms with E-state index in [1.807, 2.05) is 6.92 Å². The highest BCUT2D eigenvalue weighted by Crippen LogP contribution is 2.20. The largest absolute Gasteiger partial charge is 0.508 e. The molecule has 0 heterocycles. The minimum absolute atomic E-state index is 0.103. The molecule has 0 radical (unpaired) electrons. The van der Waals surface area contributed by atoms with Gasteiger partial charge in [0.15, 0.2) is 0 Å². The van der Waals surface area contributed by atoms with Crippen LogP contribution < -0.4 is 4.90 Å². The van der Waals surface area contributed by atoms with Gasteiger partial charge in [0.25, 0.3) is 0 Å². The van der Waals surface area contributed by atoms with Crippen molar-refractivity contribution in [3.63, 3.8) is 0 Å². The summed E-state index contributed by atoms with van der Waals surface area (Å²) in [5, 5.41) is 9.32. The van der Waals surface area contributed by atoms with Gasteiger partial charge < -0.3 is 10.0 Å². The van der Waals surface area contributed by atoms with Crippen molar-refractivity contribution < 1.29 is 14.7 Å². The number of hydrogen-bond donors (Lipinski definition) is 1. The second kappa shape index (κ2) is 5.30. The molecule has 0 fully saturated rings. The highest BCUT2D eigenvalue weighted by molar-refractivity contribution is 6.04. The van der Waals surface area contributed by atoms with Crippen LogP contribution in [0.4, 0.5) is 5.69 Å². The van der Waals surface area contributed by atoms with E-state index in [-0.39, 0.29) is 23.9 Å². The van der Waals surface area contributed by atoms with E-state index in [1.54, 1.807) is 12.1 Å². The van der Waals surface area contributed by atoms with Crippen LogP contribution in [0.25, 0.3) is 0 Å². The number of aromatic hydroxyl groups is 1. The SMILES string of the molecule is CCN(C(=O)CC(C)=O)c1cccc(O)c1. The average Bonchev–Trinajstić information content (AvgIpc) is 2.17. The zero-order valence-electron chi connectivity index (χ0n) is 9.43. The quantitative estimate of drug-likeness (QED) is 0.787. The van der Waals surface area contributed by atoms with Gasteiger partial charge in [0.2, 0.25) is 5.91 Å². The van der Waals surface area contributed by atoms with E-state index in [4.69, 9.17) is 0 Å². The molecular weight excluding hydrogens is 206 g/mol. The Morgan fingerprint density at radius 1 is 1.38 bits per heavy atom. The number of rotatable bonds is 4. The van der Waals surface area contributed by atoms with Gasteiger partial charge in [-0.05, 0) is 26.0 Å². The second-order valence-electron chi connectivity index (χ2n) is 3.54. The molecule has 0 spiro atoms. The first-order valence-corrected chi connectivity index (χ1v) is 5.13. The molecule has 86 valence electrons. The molecule has 0 bridgehead atoms. The van der Waals surface area contributed by atoms with Crippen molar-refractivity contribution in [3.05, 3.63) is 24.3 Å². The predicted molar refractivity (Wildman–Crippen MR) is 61.4 cm³/mol. The maximum atomic E-state index is 11.7. The van der Waals surface area contributed by atoms with E-state index >= 15 is 0 Å². The van der Waals surface area contributed by atoms with E-state index in [1.165, 1.54) is 24.0 Å². The molecule has 1 aromatic carbocycles. The number of carbonyl (C=O) groups excluding carboxylic acids is 2. The molecule has 0 unspecified atom stereocenters. The third-order valence-electron chi connectivity index (χ3n) is 2.16. The van der Waals surface area contributed by atoms with Crippen LogP contribution in [0.3, 0.4) is 0 Å². The summed E-state index contributed by atoms with van der Waals surface area (Å²) in [6.07, 6.45) is -0.108. The third-order valence-corrected chi connectivity index (χ3v) is 2.16. The Kier molecular flexibility index (Phi) is 4.05. The summed E-state index contributed by atoms with van der Waals surface area (Å²) in [6.45, 7) is 3.67. The number of Topliss-reactive ketones (excluding diaryl/α,β-unsaturated/α-hetero) is 1. The normalized spacial score (nSPS) is 9.88. The van der Waals surface area contributed by atoms with Crippen molar-refractivity contribution in [2.24, 2.45) is 0 Å². The van der Waals surface area contributed by atoms with Crippen LogP contribution in [-0.2, 0) is 9.59 Å². The van der Waals surface area contributed by atoms with Gasteiger partial charge in [-0.1, -0.05) is 6.07 Å². The zero-order valence-corrected chi connectivity index (χ0v) is 9.43. The van der Waals surface area contributed by atoms with Gasteiger partial charge in [-0.25, -0.2) is 0 Å². The maximum Gasteiger partial charge on any atom is 0.234 e. The van der Waals surface area contributed by atoms with E-state index in [0.29, 0.717) is 12.2 Å². The summed E-state index contributed by atoms with van der Waals surface area (Å²) >= 11 is 0. The Morgan fingerprint density at radius 3 is 2.56 bits per heavy atom. The topological polar surface area (TPSA) is 57.6 Å². The van der Waals surface area contributed by atoms with Gasteiger partial charge in [-0.15, -0.1) is 0 Å². The maximum absolute atomic E-state index is 11.7. The molecule has 16 heavy (non-hydrogen) atoms. The fraction of sp³-hybridized carbons (Fsp3) is 0.333. The lowest BCUT2D eigenvalue weighted by molar-refractivity contribution is -0.125. The minimum atomic E-state index is -0.249. The fourth-order valence-corrected chi connectivity index (χ4v) is 1.47. The van der Waals surface area contributed by atoms with Crippen molar-refractivity contribution in [3.8, 4) is 5.75 Å². The molecular formula is C12H15NO3. The van der Waals surface area contributed by atoms with Gasteiger partial charge in [0.05, 0.1) is 6.42 Å². The molecule has 1 N–H and O–H groups in total. The van der Waals surface area contributed by atoms with Crippen molar-refractivity contribution in [1.82, 2.24) is 0 Å². The fourth-order valence-electron chi connectivity index (χ4n) is 1.47. The van der Waals surface area contributed by atoms with E-state index in [9.17, 15) is 14.7 Å². The molecule has 0 aromatic heterocycles. The number of ketones is 1. The number of phenolic OH excluding ortho intramolecular Hbond substituents is 1. The highest BCUT2D eigenvalue weighted by Gasteiger charge is 2.15. The average molecular weight is 221 g/mol. The van der Waals surface area contributed by atoms with E-state index in [2.05, 4.69) is 0 Å². The third kappa shape index (κ3) is 3.08. The predicted octanol–water partition coefficient (Wildman–Crippen LogP) is 1.72. The van der Waals surface area contributed by atoms with Gasteiger partial charge >= 0.3 is 0 Å². The lowest BCUT2D eigenvalue weighted by atomic mass is 10.2. The zero-order chi connectivity index (χ0) is 12.1. The molecule has 0 aliphatic carbocycles. The van der Waals surface area contributed by atoms with Crippen LogP contribution in [0.1, 0.15) is 20.3 Å². The number of benzene rings is 1. The van der Waals surface area contributed by atoms with Crippen LogP contribution in [0.5, 0.6) is 5.75 Å². The van der Waals surface area contributed by atoms with Gasteiger partial charge in [-0.3, -0.25) is 9.59 Å². The Balaban J connectivity index is 2.89.